The molecule has 2 N–H and O–H groups in total. The molecule has 1 aliphatic rings. The molecule has 1 aliphatic carbocycles. The molecule has 1 aromatic rings. The molecule has 17 heavy (non-hydrogen) atoms. The van der Waals surface area contributed by atoms with Crippen LogP contribution in [0.5, 0.6) is 0 Å². The zero-order valence-electron chi connectivity index (χ0n) is 10.9. The molecule has 0 saturated heterocycles. The smallest absolute Gasteiger partial charge is 0.226 e. The Bertz CT molecular complexity index is 350. The Morgan fingerprint density at radius 2 is 2.24 bits per heavy atom. The van der Waals surface area contributed by atoms with Crippen LogP contribution in [-0.4, -0.2) is 16.7 Å². The number of aryl methyl sites for hydroxylation is 1. The van der Waals surface area contributed by atoms with Crippen LogP contribution in [0.3, 0.4) is 0 Å². The number of nitrogens with two attached hydrogens (primary N) is 1. The highest BCUT2D eigenvalue weighted by molar-refractivity contribution is 5.07. The summed E-state index contributed by atoms with van der Waals surface area (Å²) in [5.74, 6) is 3.70. The van der Waals surface area contributed by atoms with Crippen molar-refractivity contribution in [3.8, 4) is 0 Å². The average Bonchev–Trinajstić information content (AvgIpc) is 2.89. The van der Waals surface area contributed by atoms with E-state index in [1.807, 2.05) is 0 Å². The summed E-state index contributed by atoms with van der Waals surface area (Å²) in [6, 6.07) is 0. The molecule has 0 aliphatic heterocycles. The Kier molecular flexibility index (Phi) is 4.15. The molecular weight excluding hydrogens is 214 g/mol. The lowest BCUT2D eigenvalue weighted by Crippen LogP contribution is -2.09. The van der Waals surface area contributed by atoms with Crippen LogP contribution in [0.2, 0.25) is 0 Å². The van der Waals surface area contributed by atoms with E-state index in [2.05, 4.69) is 24.0 Å². The maximum atomic E-state index is 5.59. The minimum Gasteiger partial charge on any atom is -0.339 e. The molecule has 2 rings (SSSR count). The third-order valence-corrected chi connectivity index (χ3v) is 3.84. The SMILES string of the molecule is CCC(CCN)CCc1nc(C2CC2C)no1. The van der Waals surface area contributed by atoms with E-state index in [0.717, 1.165) is 43.4 Å². The largest absolute Gasteiger partial charge is 0.339 e. The summed E-state index contributed by atoms with van der Waals surface area (Å²) in [7, 11) is 0. The van der Waals surface area contributed by atoms with Gasteiger partial charge in [-0.15, -0.1) is 0 Å². The molecule has 3 unspecified atom stereocenters. The maximum absolute atomic E-state index is 5.59. The fourth-order valence-electron chi connectivity index (χ4n) is 2.32. The van der Waals surface area contributed by atoms with E-state index >= 15 is 0 Å². The van der Waals surface area contributed by atoms with Crippen molar-refractivity contribution in [3.63, 3.8) is 0 Å². The zero-order valence-corrected chi connectivity index (χ0v) is 10.9. The molecule has 4 heteroatoms. The Labute approximate surface area is 103 Å². The molecule has 4 nitrogen and oxygen atoms in total. The van der Waals surface area contributed by atoms with Gasteiger partial charge in [-0.25, -0.2) is 0 Å². The number of rotatable bonds is 7. The Morgan fingerprint density at radius 3 is 2.82 bits per heavy atom. The van der Waals surface area contributed by atoms with Crippen molar-refractivity contribution in [2.75, 3.05) is 6.54 Å². The highest BCUT2D eigenvalue weighted by atomic mass is 16.5. The maximum Gasteiger partial charge on any atom is 0.226 e. The number of nitrogens with zero attached hydrogens (tertiary/aromatic N) is 2. The van der Waals surface area contributed by atoms with Crippen molar-refractivity contribution < 1.29 is 4.52 Å². The van der Waals surface area contributed by atoms with Crippen molar-refractivity contribution in [1.82, 2.24) is 10.1 Å². The van der Waals surface area contributed by atoms with Crippen molar-refractivity contribution in [2.24, 2.45) is 17.6 Å². The summed E-state index contributed by atoms with van der Waals surface area (Å²) >= 11 is 0. The van der Waals surface area contributed by atoms with Gasteiger partial charge in [0.1, 0.15) is 0 Å². The second-order valence-electron chi connectivity index (χ2n) is 5.26. The topological polar surface area (TPSA) is 64.9 Å². The molecule has 1 fully saturated rings. The zero-order chi connectivity index (χ0) is 12.3. The van der Waals surface area contributed by atoms with Crippen molar-refractivity contribution >= 4 is 0 Å². The summed E-state index contributed by atoms with van der Waals surface area (Å²) in [4.78, 5) is 4.48. The summed E-state index contributed by atoms with van der Waals surface area (Å²) in [5, 5.41) is 4.07. The average molecular weight is 237 g/mol. The van der Waals surface area contributed by atoms with Gasteiger partial charge in [0.05, 0.1) is 0 Å². The van der Waals surface area contributed by atoms with Crippen LogP contribution in [-0.2, 0) is 6.42 Å². The fraction of sp³-hybridized carbons (Fsp3) is 0.846. The lowest BCUT2D eigenvalue weighted by atomic mass is 9.97. The first kappa shape index (κ1) is 12.6. The van der Waals surface area contributed by atoms with Crippen molar-refractivity contribution in [3.05, 3.63) is 11.7 Å². The Balaban J connectivity index is 1.80. The van der Waals surface area contributed by atoms with E-state index in [-0.39, 0.29) is 0 Å². The first-order valence-electron chi connectivity index (χ1n) is 6.77. The Morgan fingerprint density at radius 1 is 1.47 bits per heavy atom. The minimum absolute atomic E-state index is 0.554. The van der Waals surface area contributed by atoms with Gasteiger partial charge in [0, 0.05) is 12.3 Å². The lowest BCUT2D eigenvalue weighted by Gasteiger charge is -2.11. The first-order valence-corrected chi connectivity index (χ1v) is 6.77. The molecule has 0 amide bonds. The van der Waals surface area contributed by atoms with Gasteiger partial charge < -0.3 is 10.3 Å². The van der Waals surface area contributed by atoms with Gasteiger partial charge in [-0.3, -0.25) is 0 Å². The van der Waals surface area contributed by atoms with E-state index in [1.54, 1.807) is 0 Å². The van der Waals surface area contributed by atoms with E-state index in [4.69, 9.17) is 10.3 Å². The van der Waals surface area contributed by atoms with Gasteiger partial charge in [0.25, 0.3) is 0 Å². The van der Waals surface area contributed by atoms with Crippen LogP contribution >= 0.6 is 0 Å². The molecule has 0 spiro atoms. The summed E-state index contributed by atoms with van der Waals surface area (Å²) in [6.45, 7) is 5.22. The molecule has 3 atom stereocenters. The van der Waals surface area contributed by atoms with E-state index in [9.17, 15) is 0 Å². The number of hydrogen-bond donors (Lipinski definition) is 1. The molecule has 0 aromatic carbocycles. The predicted octanol–water partition coefficient (Wildman–Crippen LogP) is 2.50. The third-order valence-electron chi connectivity index (χ3n) is 3.84. The second kappa shape index (κ2) is 5.63. The van der Waals surface area contributed by atoms with Crippen LogP contribution in [0.4, 0.5) is 0 Å². The normalized spacial score (nSPS) is 24.9. The van der Waals surface area contributed by atoms with Crippen LogP contribution in [0.15, 0.2) is 4.52 Å². The quantitative estimate of drug-likeness (QED) is 0.791. The van der Waals surface area contributed by atoms with E-state index in [0.29, 0.717) is 11.8 Å². The van der Waals surface area contributed by atoms with Crippen LogP contribution in [0.25, 0.3) is 0 Å². The number of hydrogen-bond acceptors (Lipinski definition) is 4. The molecular formula is C13H23N3O. The van der Waals surface area contributed by atoms with Gasteiger partial charge in [-0.1, -0.05) is 25.4 Å². The van der Waals surface area contributed by atoms with Gasteiger partial charge in [-0.2, -0.15) is 4.98 Å². The summed E-state index contributed by atoms with van der Waals surface area (Å²) in [6.07, 6.45) is 5.49. The monoisotopic (exact) mass is 237 g/mol. The van der Waals surface area contributed by atoms with Gasteiger partial charge >= 0.3 is 0 Å². The van der Waals surface area contributed by atoms with Crippen molar-refractivity contribution in [2.45, 2.75) is 51.9 Å². The molecule has 0 bridgehead atoms. The van der Waals surface area contributed by atoms with Gasteiger partial charge in [0.15, 0.2) is 5.82 Å². The Hall–Kier alpha value is -0.900. The first-order chi connectivity index (χ1) is 8.24. The second-order valence-corrected chi connectivity index (χ2v) is 5.26. The predicted molar refractivity (Wildman–Crippen MR) is 66.6 cm³/mol. The van der Waals surface area contributed by atoms with Crippen LogP contribution in [0.1, 0.15) is 57.2 Å². The highest BCUT2D eigenvalue weighted by Gasteiger charge is 2.37. The standard InChI is InChI=1S/C13H23N3O/c1-3-10(6-7-14)4-5-12-15-13(16-17-12)11-8-9(11)2/h9-11H,3-8,14H2,1-2H3. The fourth-order valence-corrected chi connectivity index (χ4v) is 2.32. The molecule has 1 aromatic heterocycles. The van der Waals surface area contributed by atoms with Crippen LogP contribution < -0.4 is 5.73 Å². The van der Waals surface area contributed by atoms with E-state index in [1.165, 1.54) is 12.8 Å². The molecule has 96 valence electrons. The van der Waals surface area contributed by atoms with Crippen molar-refractivity contribution in [1.29, 1.82) is 0 Å². The third kappa shape index (κ3) is 3.28. The lowest BCUT2D eigenvalue weighted by molar-refractivity contribution is 0.350. The summed E-state index contributed by atoms with van der Waals surface area (Å²) in [5.41, 5.74) is 5.59. The minimum atomic E-state index is 0.554. The molecule has 1 saturated carbocycles. The highest BCUT2D eigenvalue weighted by Crippen LogP contribution is 2.45. The van der Waals surface area contributed by atoms with Gasteiger partial charge in [-0.05, 0) is 37.6 Å². The molecule has 0 radical (unpaired) electrons. The van der Waals surface area contributed by atoms with Gasteiger partial charge in [0.2, 0.25) is 5.89 Å². The molecule has 1 heterocycles. The summed E-state index contributed by atoms with van der Waals surface area (Å²) < 4.78 is 5.29. The van der Waals surface area contributed by atoms with Crippen LogP contribution in [0, 0.1) is 11.8 Å². The number of aromatic nitrogens is 2. The van der Waals surface area contributed by atoms with E-state index < -0.39 is 0 Å².